The average molecular weight is 630 g/mol. The number of rotatable bonds is 9. The van der Waals surface area contributed by atoms with Gasteiger partial charge in [0.05, 0.1) is 0 Å². The number of nitrogens with zero attached hydrogens (tertiary/aromatic N) is 4. The van der Waals surface area contributed by atoms with E-state index in [0.717, 1.165) is 53.6 Å². The van der Waals surface area contributed by atoms with Crippen LogP contribution in [0.2, 0.25) is 0 Å². The molecule has 9 heteroatoms. The van der Waals surface area contributed by atoms with E-state index in [9.17, 15) is 9.59 Å². The lowest BCUT2D eigenvalue weighted by Crippen LogP contribution is -2.47. The number of ether oxygens (including phenoxy) is 1. The van der Waals surface area contributed by atoms with Crippen LogP contribution in [0.5, 0.6) is 11.5 Å². The van der Waals surface area contributed by atoms with Crippen molar-refractivity contribution < 1.29 is 14.3 Å². The third-order valence-electron chi connectivity index (χ3n) is 9.57. The highest BCUT2D eigenvalue weighted by molar-refractivity contribution is 7.14. The van der Waals surface area contributed by atoms with Gasteiger partial charge < -0.3 is 19.9 Å². The van der Waals surface area contributed by atoms with Gasteiger partial charge in [-0.05, 0) is 68.0 Å². The molecule has 1 unspecified atom stereocenters. The van der Waals surface area contributed by atoms with Crippen LogP contribution >= 0.6 is 11.3 Å². The van der Waals surface area contributed by atoms with E-state index >= 15 is 0 Å². The summed E-state index contributed by atoms with van der Waals surface area (Å²) in [5.41, 5.74) is 2.45. The fourth-order valence-electron chi connectivity index (χ4n) is 6.93. The molecule has 0 radical (unpaired) electrons. The lowest BCUT2D eigenvalue weighted by Gasteiger charge is -2.37. The predicted molar refractivity (Wildman–Crippen MR) is 179 cm³/mol. The topological polar surface area (TPSA) is 87.7 Å². The van der Waals surface area contributed by atoms with Gasteiger partial charge in [-0.15, -0.1) is 10.2 Å². The van der Waals surface area contributed by atoms with Crippen molar-refractivity contribution in [3.8, 4) is 22.1 Å². The normalized spacial score (nSPS) is 20.5. The zero-order valence-corrected chi connectivity index (χ0v) is 27.8. The molecule has 1 aromatic heterocycles. The number of nitrogens with one attached hydrogen (secondary N) is 1. The fourth-order valence-corrected chi connectivity index (χ4v) is 7.78. The van der Waals surface area contributed by atoms with E-state index in [1.54, 1.807) is 11.3 Å². The zero-order valence-electron chi connectivity index (χ0n) is 27.0. The van der Waals surface area contributed by atoms with Crippen molar-refractivity contribution in [3.05, 3.63) is 58.6 Å². The number of likely N-dealkylation sites (tertiary alicyclic amines) is 2. The summed E-state index contributed by atoms with van der Waals surface area (Å²) in [4.78, 5) is 30.7. The first-order valence-electron chi connectivity index (χ1n) is 16.9. The van der Waals surface area contributed by atoms with Crippen molar-refractivity contribution >= 4 is 23.2 Å². The molecule has 3 aliphatic rings. The Morgan fingerprint density at radius 3 is 2.38 bits per heavy atom. The SMILES string of the molecule is CC1CC(=O)N(Cc2ccc(C(=O)NC3CCN(C4CCCCCC4)CC3)cc2Oc2ccc(-c3nnc(C(C)C)s3)cc2)C1. The molecule has 2 aromatic carbocycles. The Balaban J connectivity index is 1.15. The molecule has 1 aliphatic carbocycles. The quantitative estimate of drug-likeness (QED) is 0.248. The number of carbonyl (C=O) groups is 2. The lowest BCUT2D eigenvalue weighted by molar-refractivity contribution is -0.128. The van der Waals surface area contributed by atoms with Crippen molar-refractivity contribution in [2.45, 2.75) is 103 Å². The minimum absolute atomic E-state index is 0.0715. The van der Waals surface area contributed by atoms with Crippen molar-refractivity contribution in [1.82, 2.24) is 25.3 Å². The Hall–Kier alpha value is -3.30. The molecule has 1 saturated carbocycles. The van der Waals surface area contributed by atoms with Gasteiger partial charge in [0.1, 0.15) is 21.5 Å². The number of aromatic nitrogens is 2. The number of hydrogen-bond acceptors (Lipinski definition) is 7. The molecule has 1 atom stereocenters. The maximum Gasteiger partial charge on any atom is 0.251 e. The number of benzene rings is 2. The van der Waals surface area contributed by atoms with Gasteiger partial charge in [-0.2, -0.15) is 0 Å². The van der Waals surface area contributed by atoms with E-state index in [4.69, 9.17) is 4.74 Å². The highest BCUT2D eigenvalue weighted by Crippen LogP contribution is 2.33. The molecular formula is C36H47N5O3S. The highest BCUT2D eigenvalue weighted by atomic mass is 32.1. The molecule has 3 fully saturated rings. The number of amides is 2. The van der Waals surface area contributed by atoms with Crippen molar-refractivity contribution in [3.63, 3.8) is 0 Å². The summed E-state index contributed by atoms with van der Waals surface area (Å²) in [7, 11) is 0. The summed E-state index contributed by atoms with van der Waals surface area (Å²) in [5.74, 6) is 2.03. The second kappa shape index (κ2) is 14.4. The number of carbonyl (C=O) groups excluding carboxylic acids is 2. The molecule has 240 valence electrons. The molecule has 2 aliphatic heterocycles. The Labute approximate surface area is 271 Å². The highest BCUT2D eigenvalue weighted by Gasteiger charge is 2.29. The molecule has 6 rings (SSSR count). The van der Waals surface area contributed by atoms with E-state index in [-0.39, 0.29) is 17.9 Å². The third-order valence-corrected chi connectivity index (χ3v) is 10.8. The molecular weight excluding hydrogens is 582 g/mol. The van der Waals surface area contributed by atoms with E-state index in [1.807, 2.05) is 47.4 Å². The van der Waals surface area contributed by atoms with E-state index < -0.39 is 0 Å². The molecule has 45 heavy (non-hydrogen) atoms. The van der Waals surface area contributed by atoms with E-state index in [0.29, 0.717) is 47.9 Å². The largest absolute Gasteiger partial charge is 0.457 e. The fraction of sp³-hybridized carbons (Fsp3) is 0.556. The van der Waals surface area contributed by atoms with Crippen LogP contribution in [-0.4, -0.2) is 63.5 Å². The molecule has 0 bridgehead atoms. The van der Waals surface area contributed by atoms with Crippen LogP contribution in [0, 0.1) is 5.92 Å². The first-order chi connectivity index (χ1) is 21.8. The van der Waals surface area contributed by atoms with Gasteiger partial charge in [0, 0.05) is 67.3 Å². The predicted octanol–water partition coefficient (Wildman–Crippen LogP) is 7.41. The summed E-state index contributed by atoms with van der Waals surface area (Å²) < 4.78 is 6.43. The number of hydrogen-bond donors (Lipinski definition) is 1. The minimum Gasteiger partial charge on any atom is -0.457 e. The van der Waals surface area contributed by atoms with Crippen LogP contribution in [0.15, 0.2) is 42.5 Å². The second-order valence-electron chi connectivity index (χ2n) is 13.6. The molecule has 2 saturated heterocycles. The lowest BCUT2D eigenvalue weighted by atomic mass is 9.99. The summed E-state index contributed by atoms with van der Waals surface area (Å²) in [6, 6.07) is 14.4. The molecule has 3 aromatic rings. The smallest absolute Gasteiger partial charge is 0.251 e. The molecule has 2 amide bonds. The van der Waals surface area contributed by atoms with Crippen molar-refractivity contribution in [1.29, 1.82) is 0 Å². The van der Waals surface area contributed by atoms with Crippen molar-refractivity contribution in [2.75, 3.05) is 19.6 Å². The minimum atomic E-state index is -0.0715. The third kappa shape index (κ3) is 7.93. The average Bonchev–Trinajstić information content (AvgIpc) is 3.55. The van der Waals surface area contributed by atoms with Crippen LogP contribution < -0.4 is 10.1 Å². The molecule has 0 spiro atoms. The first-order valence-corrected chi connectivity index (χ1v) is 17.7. The Morgan fingerprint density at radius 1 is 1.00 bits per heavy atom. The Kier molecular flexibility index (Phi) is 10.1. The first kappa shape index (κ1) is 31.7. The maximum absolute atomic E-state index is 13.5. The van der Waals surface area contributed by atoms with Crippen LogP contribution in [0.25, 0.3) is 10.6 Å². The van der Waals surface area contributed by atoms with Gasteiger partial charge >= 0.3 is 0 Å². The van der Waals surface area contributed by atoms with Crippen LogP contribution in [0.4, 0.5) is 0 Å². The standard InChI is InChI=1S/C36H47N5O3S/c1-24(2)35-38-39-36(45-35)26-12-14-31(15-13-26)44-32-21-27(10-11-28(32)23-41-22-25(3)20-33(41)42)34(43)37-29-16-18-40(19-17-29)30-8-6-4-5-7-9-30/h10-15,21,24-25,29-30H,4-9,16-20,22-23H2,1-3H3,(H,37,43). The van der Waals surface area contributed by atoms with Gasteiger partial charge in [-0.1, -0.05) is 63.9 Å². The van der Waals surface area contributed by atoms with Gasteiger partial charge in [-0.25, -0.2) is 0 Å². The van der Waals surface area contributed by atoms with Gasteiger partial charge in [0.25, 0.3) is 5.91 Å². The van der Waals surface area contributed by atoms with E-state index in [2.05, 4.69) is 41.2 Å². The van der Waals surface area contributed by atoms with Crippen LogP contribution in [0.3, 0.4) is 0 Å². The molecule has 1 N–H and O–H groups in total. The molecule has 3 heterocycles. The summed E-state index contributed by atoms with van der Waals surface area (Å²) in [6.45, 7) is 9.63. The molecule has 8 nitrogen and oxygen atoms in total. The summed E-state index contributed by atoms with van der Waals surface area (Å²) in [5, 5.41) is 13.9. The van der Waals surface area contributed by atoms with E-state index in [1.165, 1.54) is 38.5 Å². The summed E-state index contributed by atoms with van der Waals surface area (Å²) in [6.07, 6.45) is 10.6. The van der Waals surface area contributed by atoms with Gasteiger partial charge in [0.15, 0.2) is 0 Å². The summed E-state index contributed by atoms with van der Waals surface area (Å²) >= 11 is 1.60. The van der Waals surface area contributed by atoms with Crippen LogP contribution in [-0.2, 0) is 11.3 Å². The Bertz CT molecular complexity index is 1460. The zero-order chi connectivity index (χ0) is 31.3. The van der Waals surface area contributed by atoms with Crippen molar-refractivity contribution in [2.24, 2.45) is 5.92 Å². The Morgan fingerprint density at radius 2 is 1.73 bits per heavy atom. The maximum atomic E-state index is 13.5. The van der Waals surface area contributed by atoms with Gasteiger partial charge in [0.2, 0.25) is 5.91 Å². The number of piperidine rings is 1. The monoisotopic (exact) mass is 629 g/mol. The van der Waals surface area contributed by atoms with Crippen LogP contribution in [0.1, 0.15) is 105 Å². The second-order valence-corrected chi connectivity index (χ2v) is 14.6. The van der Waals surface area contributed by atoms with Gasteiger partial charge in [-0.3, -0.25) is 9.59 Å².